The van der Waals surface area contributed by atoms with Crippen LogP contribution in [-0.4, -0.2) is 25.1 Å². The Morgan fingerprint density at radius 2 is 2.25 bits per heavy atom. The van der Waals surface area contributed by atoms with Crippen LogP contribution in [0.1, 0.15) is 25.3 Å². The first-order valence-corrected chi connectivity index (χ1v) is 6.76. The molecular formula is C15H19NO4. The van der Waals surface area contributed by atoms with E-state index in [1.165, 1.54) is 0 Å². The number of benzene rings is 1. The number of esters is 1. The second-order valence-corrected chi connectivity index (χ2v) is 4.82. The van der Waals surface area contributed by atoms with E-state index in [0.717, 1.165) is 17.7 Å². The summed E-state index contributed by atoms with van der Waals surface area (Å²) in [5, 5.41) is 2.79. The first-order valence-electron chi connectivity index (χ1n) is 6.76. The molecule has 0 radical (unpaired) electrons. The minimum absolute atomic E-state index is 0.231. The predicted octanol–water partition coefficient (Wildman–Crippen LogP) is 1.65. The molecule has 1 heterocycles. The maximum Gasteiger partial charge on any atom is 0.314 e. The fourth-order valence-corrected chi connectivity index (χ4v) is 2.23. The van der Waals surface area contributed by atoms with Crippen LogP contribution < -0.4 is 10.1 Å². The molecule has 1 amide bonds. The van der Waals surface area contributed by atoms with E-state index in [2.05, 4.69) is 5.32 Å². The lowest BCUT2D eigenvalue weighted by molar-refractivity contribution is -0.189. The van der Waals surface area contributed by atoms with Gasteiger partial charge in [0.25, 0.3) is 5.91 Å². The van der Waals surface area contributed by atoms with Crippen LogP contribution in [0.2, 0.25) is 0 Å². The molecule has 1 saturated heterocycles. The Bertz CT molecular complexity index is 500. The van der Waals surface area contributed by atoms with Crippen molar-refractivity contribution in [2.75, 3.05) is 7.11 Å². The van der Waals surface area contributed by atoms with Crippen molar-refractivity contribution in [3.05, 3.63) is 29.8 Å². The van der Waals surface area contributed by atoms with Crippen LogP contribution in [-0.2, 0) is 20.9 Å². The van der Waals surface area contributed by atoms with Gasteiger partial charge in [0.05, 0.1) is 7.11 Å². The van der Waals surface area contributed by atoms with Crippen LogP contribution in [0.5, 0.6) is 5.75 Å². The number of amides is 1. The van der Waals surface area contributed by atoms with Gasteiger partial charge in [0.2, 0.25) is 0 Å². The highest BCUT2D eigenvalue weighted by Gasteiger charge is 2.46. The van der Waals surface area contributed by atoms with Crippen LogP contribution >= 0.6 is 0 Å². The van der Waals surface area contributed by atoms with E-state index in [9.17, 15) is 9.59 Å². The summed E-state index contributed by atoms with van der Waals surface area (Å²) in [6.07, 6.45) is 0.920. The fraction of sp³-hybridized carbons (Fsp3) is 0.467. The van der Waals surface area contributed by atoms with Gasteiger partial charge in [-0.15, -0.1) is 0 Å². The number of cyclic esters (lactones) is 1. The highest BCUT2D eigenvalue weighted by atomic mass is 16.6. The average molecular weight is 277 g/mol. The van der Waals surface area contributed by atoms with Crippen molar-refractivity contribution >= 4 is 11.9 Å². The summed E-state index contributed by atoms with van der Waals surface area (Å²) in [6.45, 7) is 2.37. The summed E-state index contributed by atoms with van der Waals surface area (Å²) in [7, 11) is 1.60. The lowest BCUT2D eigenvalue weighted by atomic mass is 9.91. The topological polar surface area (TPSA) is 64.6 Å². The lowest BCUT2D eigenvalue weighted by Gasteiger charge is -2.33. The van der Waals surface area contributed by atoms with Crippen molar-refractivity contribution in [2.45, 2.75) is 32.4 Å². The van der Waals surface area contributed by atoms with Crippen molar-refractivity contribution < 1.29 is 19.1 Å². The molecule has 1 fully saturated rings. The summed E-state index contributed by atoms with van der Waals surface area (Å²) < 4.78 is 10.0. The molecule has 1 aliphatic rings. The number of ether oxygens (including phenoxy) is 2. The number of carbonyl (C=O) groups is 2. The SMILES string of the molecule is CCCC1C(=O)O[C@H]1C(=O)NCc1cccc(OC)c1. The third kappa shape index (κ3) is 3.10. The largest absolute Gasteiger partial charge is 0.497 e. The quantitative estimate of drug-likeness (QED) is 0.803. The molecule has 1 N–H and O–H groups in total. The van der Waals surface area contributed by atoms with Gasteiger partial charge in [0.1, 0.15) is 11.7 Å². The Kier molecular flexibility index (Phi) is 4.61. The molecule has 0 saturated carbocycles. The fourth-order valence-electron chi connectivity index (χ4n) is 2.23. The number of methoxy groups -OCH3 is 1. The molecule has 108 valence electrons. The van der Waals surface area contributed by atoms with Crippen LogP contribution in [0.3, 0.4) is 0 Å². The Morgan fingerprint density at radius 1 is 1.45 bits per heavy atom. The maximum absolute atomic E-state index is 12.0. The molecular weight excluding hydrogens is 258 g/mol. The lowest BCUT2D eigenvalue weighted by Crippen LogP contribution is -2.53. The van der Waals surface area contributed by atoms with Crippen LogP contribution in [0.25, 0.3) is 0 Å². The summed E-state index contributed by atoms with van der Waals surface area (Å²) in [5.74, 6) is -0.0414. The van der Waals surface area contributed by atoms with Gasteiger partial charge in [-0.05, 0) is 24.1 Å². The summed E-state index contributed by atoms with van der Waals surface area (Å²) >= 11 is 0. The Hall–Kier alpha value is -2.04. The molecule has 2 atom stereocenters. The number of carbonyl (C=O) groups excluding carboxylic acids is 2. The van der Waals surface area contributed by atoms with Gasteiger partial charge in [-0.3, -0.25) is 9.59 Å². The average Bonchev–Trinajstić information content (AvgIpc) is 2.48. The van der Waals surface area contributed by atoms with E-state index in [1.54, 1.807) is 7.11 Å². The van der Waals surface area contributed by atoms with E-state index in [1.807, 2.05) is 31.2 Å². The number of hydrogen-bond donors (Lipinski definition) is 1. The number of nitrogens with one attached hydrogen (secondary N) is 1. The van der Waals surface area contributed by atoms with E-state index in [4.69, 9.17) is 9.47 Å². The molecule has 1 unspecified atom stereocenters. The Balaban J connectivity index is 1.87. The first kappa shape index (κ1) is 14.4. The smallest absolute Gasteiger partial charge is 0.314 e. The van der Waals surface area contributed by atoms with Gasteiger partial charge >= 0.3 is 5.97 Å². The molecule has 1 aromatic rings. The van der Waals surface area contributed by atoms with Gasteiger partial charge < -0.3 is 14.8 Å². The van der Waals surface area contributed by atoms with Crippen LogP contribution in [0, 0.1) is 5.92 Å². The molecule has 0 aromatic heterocycles. The third-order valence-electron chi connectivity index (χ3n) is 3.37. The van der Waals surface area contributed by atoms with Crippen LogP contribution in [0.4, 0.5) is 0 Å². The molecule has 20 heavy (non-hydrogen) atoms. The molecule has 5 heteroatoms. The monoisotopic (exact) mass is 277 g/mol. The Labute approximate surface area is 118 Å². The molecule has 5 nitrogen and oxygen atoms in total. The van der Waals surface area contributed by atoms with E-state index < -0.39 is 6.10 Å². The zero-order valence-electron chi connectivity index (χ0n) is 11.7. The van der Waals surface area contributed by atoms with E-state index in [0.29, 0.717) is 13.0 Å². The molecule has 0 bridgehead atoms. The van der Waals surface area contributed by atoms with Crippen molar-refractivity contribution in [3.63, 3.8) is 0 Å². The second kappa shape index (κ2) is 6.41. The summed E-state index contributed by atoms with van der Waals surface area (Å²) in [4.78, 5) is 23.2. The normalized spacial score (nSPS) is 20.8. The van der Waals surface area contributed by atoms with Gasteiger partial charge in [0, 0.05) is 6.54 Å². The molecule has 1 aliphatic heterocycles. The van der Waals surface area contributed by atoms with E-state index >= 15 is 0 Å². The highest BCUT2D eigenvalue weighted by molar-refractivity contribution is 5.94. The minimum atomic E-state index is -0.631. The maximum atomic E-state index is 12.0. The van der Waals surface area contributed by atoms with Gasteiger partial charge in [-0.2, -0.15) is 0 Å². The zero-order valence-corrected chi connectivity index (χ0v) is 11.7. The zero-order chi connectivity index (χ0) is 14.5. The summed E-state index contributed by atoms with van der Waals surface area (Å²) in [6, 6.07) is 7.47. The van der Waals surface area contributed by atoms with Gasteiger partial charge in [-0.25, -0.2) is 0 Å². The number of rotatable bonds is 6. The van der Waals surface area contributed by atoms with Crippen LogP contribution in [0.15, 0.2) is 24.3 Å². The molecule has 0 spiro atoms. The van der Waals surface area contributed by atoms with Crippen molar-refractivity contribution in [1.29, 1.82) is 0 Å². The minimum Gasteiger partial charge on any atom is -0.497 e. The van der Waals surface area contributed by atoms with Gasteiger partial charge in [-0.1, -0.05) is 25.5 Å². The standard InChI is InChI=1S/C15H19NO4/c1-3-5-12-13(20-15(12)18)14(17)16-9-10-6-4-7-11(8-10)19-2/h4,6-8,12-13H,3,5,9H2,1-2H3,(H,16,17)/t12?,13-/m1/s1. The van der Waals surface area contributed by atoms with Crippen molar-refractivity contribution in [2.24, 2.45) is 5.92 Å². The van der Waals surface area contributed by atoms with E-state index in [-0.39, 0.29) is 17.8 Å². The highest BCUT2D eigenvalue weighted by Crippen LogP contribution is 2.27. The number of hydrogen-bond acceptors (Lipinski definition) is 4. The predicted molar refractivity (Wildman–Crippen MR) is 73.1 cm³/mol. The Morgan fingerprint density at radius 3 is 2.90 bits per heavy atom. The third-order valence-corrected chi connectivity index (χ3v) is 3.37. The summed E-state index contributed by atoms with van der Waals surface area (Å²) in [5.41, 5.74) is 0.940. The van der Waals surface area contributed by atoms with Crippen molar-refractivity contribution in [3.8, 4) is 5.75 Å². The molecule has 0 aliphatic carbocycles. The van der Waals surface area contributed by atoms with Gasteiger partial charge in [0.15, 0.2) is 6.10 Å². The first-order chi connectivity index (χ1) is 9.65. The molecule has 1 aromatic carbocycles. The molecule has 2 rings (SSSR count). The second-order valence-electron chi connectivity index (χ2n) is 4.82. The van der Waals surface area contributed by atoms with Crippen molar-refractivity contribution in [1.82, 2.24) is 5.32 Å².